The van der Waals surface area contributed by atoms with Gasteiger partial charge in [-0.15, -0.1) is 0 Å². The van der Waals surface area contributed by atoms with E-state index in [1.807, 2.05) is 31.2 Å². The zero-order valence-corrected chi connectivity index (χ0v) is 9.85. The fourth-order valence-corrected chi connectivity index (χ4v) is 1.61. The van der Waals surface area contributed by atoms with E-state index in [2.05, 4.69) is 4.98 Å². The number of pyridine rings is 1. The second-order valence-corrected chi connectivity index (χ2v) is 4.12. The van der Waals surface area contributed by atoms with Crippen LogP contribution in [-0.2, 0) is 17.6 Å². The summed E-state index contributed by atoms with van der Waals surface area (Å²) in [7, 11) is 0. The summed E-state index contributed by atoms with van der Waals surface area (Å²) >= 11 is 0. The number of nitrogens with zero attached hydrogens (tertiary/aromatic N) is 1. The molecule has 17 heavy (non-hydrogen) atoms. The number of furan rings is 1. The standard InChI is InChI=1S/C14H15NO2/c1-11-4-5-12(15-10-11)9-13(16)6-7-14-3-2-8-17-14/h2-5,8,10H,6-7,9H2,1H3. The van der Waals surface area contributed by atoms with Crippen molar-refractivity contribution in [3.8, 4) is 0 Å². The number of hydrogen-bond donors (Lipinski definition) is 0. The molecule has 0 atom stereocenters. The van der Waals surface area contributed by atoms with Crippen molar-refractivity contribution in [2.24, 2.45) is 0 Å². The highest BCUT2D eigenvalue weighted by Gasteiger charge is 2.06. The Balaban J connectivity index is 1.83. The van der Waals surface area contributed by atoms with E-state index in [4.69, 9.17) is 4.42 Å². The van der Waals surface area contributed by atoms with Crippen molar-refractivity contribution in [2.75, 3.05) is 0 Å². The molecule has 2 aromatic heterocycles. The van der Waals surface area contributed by atoms with Gasteiger partial charge < -0.3 is 4.42 Å². The molecule has 2 heterocycles. The highest BCUT2D eigenvalue weighted by atomic mass is 16.3. The molecule has 3 nitrogen and oxygen atoms in total. The van der Waals surface area contributed by atoms with Gasteiger partial charge in [-0.1, -0.05) is 6.07 Å². The molecule has 2 aromatic rings. The maximum Gasteiger partial charge on any atom is 0.139 e. The quantitative estimate of drug-likeness (QED) is 0.791. The molecule has 0 amide bonds. The Morgan fingerprint density at radius 3 is 2.88 bits per heavy atom. The maximum absolute atomic E-state index is 11.7. The topological polar surface area (TPSA) is 43.1 Å². The van der Waals surface area contributed by atoms with Crippen LogP contribution in [-0.4, -0.2) is 10.8 Å². The molecule has 0 N–H and O–H groups in total. The normalized spacial score (nSPS) is 10.4. The molecule has 0 aliphatic rings. The third-order valence-electron chi connectivity index (χ3n) is 2.58. The Labute approximate surface area is 100 Å². The van der Waals surface area contributed by atoms with Crippen LogP contribution in [0.1, 0.15) is 23.4 Å². The van der Waals surface area contributed by atoms with Crippen LogP contribution in [0.2, 0.25) is 0 Å². The van der Waals surface area contributed by atoms with E-state index in [0.29, 0.717) is 19.3 Å². The molecular formula is C14H15NO2. The molecule has 3 heteroatoms. The summed E-state index contributed by atoms with van der Waals surface area (Å²) in [6, 6.07) is 7.60. The number of carbonyl (C=O) groups excluding carboxylic acids is 1. The molecule has 0 unspecified atom stereocenters. The number of aromatic nitrogens is 1. The van der Waals surface area contributed by atoms with Crippen LogP contribution >= 0.6 is 0 Å². The first-order valence-corrected chi connectivity index (χ1v) is 5.69. The van der Waals surface area contributed by atoms with Gasteiger partial charge in [-0.2, -0.15) is 0 Å². The number of aryl methyl sites for hydroxylation is 2. The number of rotatable bonds is 5. The summed E-state index contributed by atoms with van der Waals surface area (Å²) in [5.74, 6) is 1.05. The Hall–Kier alpha value is -1.90. The van der Waals surface area contributed by atoms with Crippen molar-refractivity contribution in [3.05, 3.63) is 53.7 Å². The van der Waals surface area contributed by atoms with Crippen LogP contribution < -0.4 is 0 Å². The largest absolute Gasteiger partial charge is 0.469 e. The van der Waals surface area contributed by atoms with Gasteiger partial charge in [-0.25, -0.2) is 0 Å². The number of Topliss-reactive ketones (excluding diaryl/α,β-unsaturated/α-hetero) is 1. The molecule has 88 valence electrons. The molecule has 0 bridgehead atoms. The smallest absolute Gasteiger partial charge is 0.139 e. The van der Waals surface area contributed by atoms with Gasteiger partial charge in [-0.05, 0) is 30.7 Å². The number of hydrogen-bond acceptors (Lipinski definition) is 3. The Bertz CT molecular complexity index is 471. The summed E-state index contributed by atoms with van der Waals surface area (Å²) in [6.07, 6.45) is 4.98. The van der Waals surface area contributed by atoms with Gasteiger partial charge in [0, 0.05) is 31.2 Å². The molecule has 0 spiro atoms. The third kappa shape index (κ3) is 3.55. The average Bonchev–Trinajstić information content (AvgIpc) is 2.83. The third-order valence-corrected chi connectivity index (χ3v) is 2.58. The first-order valence-electron chi connectivity index (χ1n) is 5.69. The summed E-state index contributed by atoms with van der Waals surface area (Å²) in [5, 5.41) is 0. The molecule has 0 fully saturated rings. The molecule has 0 aliphatic heterocycles. The SMILES string of the molecule is Cc1ccc(CC(=O)CCc2ccco2)nc1. The summed E-state index contributed by atoms with van der Waals surface area (Å²) in [6.45, 7) is 1.98. The van der Waals surface area contributed by atoms with Crippen molar-refractivity contribution in [2.45, 2.75) is 26.2 Å². The van der Waals surface area contributed by atoms with Crippen LogP contribution in [0.3, 0.4) is 0 Å². The minimum absolute atomic E-state index is 0.192. The van der Waals surface area contributed by atoms with Gasteiger partial charge in [0.25, 0.3) is 0 Å². The Kier molecular flexibility index (Phi) is 3.70. The predicted molar refractivity (Wildman–Crippen MR) is 64.7 cm³/mol. The number of carbonyl (C=O) groups is 1. The Morgan fingerprint density at radius 1 is 1.35 bits per heavy atom. The molecule has 0 radical (unpaired) electrons. The van der Waals surface area contributed by atoms with Crippen molar-refractivity contribution in [1.29, 1.82) is 0 Å². The summed E-state index contributed by atoms with van der Waals surface area (Å²) in [5.41, 5.74) is 1.94. The minimum Gasteiger partial charge on any atom is -0.469 e. The van der Waals surface area contributed by atoms with Gasteiger partial charge in [0.15, 0.2) is 0 Å². The molecule has 2 rings (SSSR count). The molecule has 0 saturated carbocycles. The lowest BCUT2D eigenvalue weighted by atomic mass is 10.1. The van der Waals surface area contributed by atoms with Crippen LogP contribution in [0.5, 0.6) is 0 Å². The molecule has 0 aliphatic carbocycles. The van der Waals surface area contributed by atoms with Crippen LogP contribution in [0, 0.1) is 6.92 Å². The lowest BCUT2D eigenvalue weighted by Gasteiger charge is -2.00. The Morgan fingerprint density at radius 2 is 2.24 bits per heavy atom. The maximum atomic E-state index is 11.7. The summed E-state index contributed by atoms with van der Waals surface area (Å²) in [4.78, 5) is 15.9. The van der Waals surface area contributed by atoms with Gasteiger partial charge in [0.05, 0.1) is 6.26 Å². The van der Waals surface area contributed by atoms with E-state index in [0.717, 1.165) is 17.0 Å². The van der Waals surface area contributed by atoms with Crippen molar-refractivity contribution >= 4 is 5.78 Å². The highest BCUT2D eigenvalue weighted by Crippen LogP contribution is 2.06. The first-order chi connectivity index (χ1) is 8.24. The first kappa shape index (κ1) is 11.6. The fourth-order valence-electron chi connectivity index (χ4n) is 1.61. The fraction of sp³-hybridized carbons (Fsp3) is 0.286. The van der Waals surface area contributed by atoms with E-state index in [1.165, 1.54) is 0 Å². The van der Waals surface area contributed by atoms with Crippen LogP contribution in [0.15, 0.2) is 41.1 Å². The van der Waals surface area contributed by atoms with Crippen molar-refractivity contribution in [1.82, 2.24) is 4.98 Å². The molecular weight excluding hydrogens is 214 g/mol. The van der Waals surface area contributed by atoms with Gasteiger partial charge in [0.1, 0.15) is 11.5 Å². The monoisotopic (exact) mass is 229 g/mol. The second-order valence-electron chi connectivity index (χ2n) is 4.12. The van der Waals surface area contributed by atoms with E-state index >= 15 is 0 Å². The van der Waals surface area contributed by atoms with E-state index in [1.54, 1.807) is 12.5 Å². The van der Waals surface area contributed by atoms with Crippen LogP contribution in [0.25, 0.3) is 0 Å². The minimum atomic E-state index is 0.192. The van der Waals surface area contributed by atoms with Gasteiger partial charge in [0.2, 0.25) is 0 Å². The van der Waals surface area contributed by atoms with Crippen molar-refractivity contribution < 1.29 is 9.21 Å². The average molecular weight is 229 g/mol. The summed E-state index contributed by atoms with van der Waals surface area (Å²) < 4.78 is 5.18. The van der Waals surface area contributed by atoms with E-state index in [9.17, 15) is 4.79 Å². The zero-order valence-electron chi connectivity index (χ0n) is 9.85. The van der Waals surface area contributed by atoms with Gasteiger partial charge in [-0.3, -0.25) is 9.78 Å². The van der Waals surface area contributed by atoms with E-state index in [-0.39, 0.29) is 5.78 Å². The highest BCUT2D eigenvalue weighted by molar-refractivity contribution is 5.80. The molecule has 0 aromatic carbocycles. The predicted octanol–water partition coefficient (Wildman–Crippen LogP) is 2.73. The van der Waals surface area contributed by atoms with E-state index < -0.39 is 0 Å². The lowest BCUT2D eigenvalue weighted by Crippen LogP contribution is -2.05. The van der Waals surface area contributed by atoms with Crippen LogP contribution in [0.4, 0.5) is 0 Å². The molecule has 0 saturated heterocycles. The van der Waals surface area contributed by atoms with Gasteiger partial charge >= 0.3 is 0 Å². The number of ketones is 1. The zero-order chi connectivity index (χ0) is 12.1. The second kappa shape index (κ2) is 5.43. The lowest BCUT2D eigenvalue weighted by molar-refractivity contribution is -0.118. The van der Waals surface area contributed by atoms with Crippen molar-refractivity contribution in [3.63, 3.8) is 0 Å².